The van der Waals surface area contributed by atoms with Gasteiger partial charge in [0.1, 0.15) is 0 Å². The number of hydrogen-bond acceptors (Lipinski definition) is 3. The van der Waals surface area contributed by atoms with Gasteiger partial charge in [-0.05, 0) is 0 Å². The molecule has 0 aliphatic rings. The molecular weight excluding hydrogens is 454 g/mol. The van der Waals surface area contributed by atoms with Crippen LogP contribution in [0.4, 0.5) is 4.79 Å². The summed E-state index contributed by atoms with van der Waals surface area (Å²) in [5.74, 6) is 0. The first-order valence-corrected chi connectivity index (χ1v) is 2.90. The maximum Gasteiger partial charge on any atom is 2.00 e. The Balaban J connectivity index is -0.0000000483. The third-order valence-electron chi connectivity index (χ3n) is 0.632. The third-order valence-corrected chi connectivity index (χ3v) is 0.632. The van der Waals surface area contributed by atoms with E-state index < -0.39 is 6.16 Å². The van der Waals surface area contributed by atoms with E-state index >= 15 is 0 Å². The summed E-state index contributed by atoms with van der Waals surface area (Å²) in [6.45, 7) is 2.05. The number of carbonyl (C=O) groups is 1. The molecule has 0 atom stereocenters. The molecule has 65 valence electrons. The molecule has 12 heavy (non-hydrogen) atoms. The second kappa shape index (κ2) is 22.8. The van der Waals surface area contributed by atoms with Crippen LogP contribution in [0.5, 0.6) is 0 Å². The van der Waals surface area contributed by atoms with Crippen molar-refractivity contribution in [1.82, 2.24) is 0 Å². The van der Waals surface area contributed by atoms with Crippen LogP contribution in [-0.4, -0.2) is 66.4 Å². The summed E-state index contributed by atoms with van der Waals surface area (Å²) in [7, 11) is 0. The second-order valence-electron chi connectivity index (χ2n) is 1.51. The van der Waals surface area contributed by atoms with Crippen LogP contribution < -0.4 is 5.11 Å². The molecule has 0 aromatic rings. The van der Waals surface area contributed by atoms with Crippen LogP contribution in [0, 0.1) is 0 Å². The first-order valence-electron chi connectivity index (χ1n) is 2.90. The fraction of sp³-hybridized carbons (Fsp3) is 0.667. The van der Waals surface area contributed by atoms with E-state index in [0.717, 1.165) is 12.8 Å². The Kier molecular flexibility index (Phi) is 44.1. The van der Waals surface area contributed by atoms with Crippen molar-refractivity contribution < 1.29 is 42.2 Å². The monoisotopic (exact) mass is 465 g/mol. The van der Waals surface area contributed by atoms with E-state index in [1.165, 1.54) is 0 Å². The number of hydrogen-bond donors (Lipinski definition) is 1. The smallest absolute Gasteiger partial charge is 0.565 e. The molecule has 0 aliphatic carbocycles. The van der Waals surface area contributed by atoms with Crippen molar-refractivity contribution in [3.8, 4) is 0 Å². The maximum atomic E-state index is 9.44. The Bertz CT molecular complexity index is 95.5. The minimum absolute atomic E-state index is 0. The van der Waals surface area contributed by atoms with Crippen molar-refractivity contribution in [2.75, 3.05) is 0 Å². The van der Waals surface area contributed by atoms with Gasteiger partial charge in [0.15, 0.2) is 0 Å². The molecule has 6 heteroatoms. The van der Waals surface area contributed by atoms with Gasteiger partial charge in [0.25, 0.3) is 0 Å². The zero-order valence-electron chi connectivity index (χ0n) is 6.95. The molecule has 4 nitrogen and oxygen atoms in total. The van der Waals surface area contributed by atoms with Gasteiger partial charge in [-0.3, -0.25) is 6.29 Å². The molecule has 0 amide bonds. The van der Waals surface area contributed by atoms with Crippen LogP contribution >= 0.6 is 0 Å². The van der Waals surface area contributed by atoms with Crippen molar-refractivity contribution in [2.45, 2.75) is 26.2 Å². The van der Waals surface area contributed by atoms with Gasteiger partial charge in [-0.1, -0.05) is 19.8 Å². The summed E-state index contributed by atoms with van der Waals surface area (Å²) in [5.41, 5.74) is 0. The average Bonchev–Trinajstić information content (AvgIpc) is 1.82. The van der Waals surface area contributed by atoms with Crippen molar-refractivity contribution >= 4 is 61.3 Å². The quantitative estimate of drug-likeness (QED) is 0.356. The van der Waals surface area contributed by atoms with Crippen LogP contribution in [-0.2, 0) is 27.2 Å². The van der Waals surface area contributed by atoms with Gasteiger partial charge in [0.2, 0.25) is 6.16 Å². The van der Waals surface area contributed by atoms with E-state index in [1.807, 2.05) is 6.29 Å². The van der Waals surface area contributed by atoms with Crippen LogP contribution in [0.25, 0.3) is 0 Å². The van der Waals surface area contributed by atoms with Gasteiger partial charge in [-0.2, -0.15) is 6.42 Å². The van der Waals surface area contributed by atoms with Crippen LogP contribution in [0.15, 0.2) is 0 Å². The van der Waals surface area contributed by atoms with E-state index in [1.54, 1.807) is 0 Å². The molecule has 0 fully saturated rings. The fourth-order valence-electron chi connectivity index (χ4n) is 0.249. The van der Waals surface area contributed by atoms with E-state index in [9.17, 15) is 4.79 Å². The Morgan fingerprint density at radius 3 is 2.00 bits per heavy atom. The summed E-state index contributed by atoms with van der Waals surface area (Å²) in [5, 5.41) is 15.3. The number of rotatable bonds is 3. The SMILES string of the molecule is CCCC[C-]=O.O=C([O-])O.[Ba+2].[Ta]. The summed E-state index contributed by atoms with van der Waals surface area (Å²) in [6, 6.07) is 0. The number of unbranched alkanes of at least 4 members (excludes halogenated alkanes) is 2. The van der Waals surface area contributed by atoms with E-state index in [-0.39, 0.29) is 71.3 Å². The third kappa shape index (κ3) is 65.4. The predicted molar refractivity (Wildman–Crippen MR) is 39.0 cm³/mol. The first kappa shape index (κ1) is 23.2. The largest absolute Gasteiger partial charge is 2.00 e. The molecule has 1 N–H and O–H groups in total. The molecule has 0 unspecified atom stereocenters. The number of carboxylic acid groups (broad SMARTS) is 2. The number of carbonyl (C=O) groups excluding carboxylic acids is 1. The average molecular weight is 464 g/mol. The normalized spacial score (nSPS) is 6.08. The molecule has 0 heterocycles. The molecule has 1 radical (unpaired) electrons. The zero-order chi connectivity index (χ0) is 8.41. The van der Waals surface area contributed by atoms with Gasteiger partial charge in [0.05, 0.1) is 0 Å². The first-order chi connectivity index (χ1) is 4.65. The molecule has 0 bridgehead atoms. The molecular formula is C6H10BaO4Ta. The molecule has 0 saturated heterocycles. The molecule has 0 rings (SSSR count). The van der Waals surface area contributed by atoms with E-state index in [0.29, 0.717) is 6.42 Å². The summed E-state index contributed by atoms with van der Waals surface area (Å²) >= 11 is 0. The minimum Gasteiger partial charge on any atom is -0.565 e. The summed E-state index contributed by atoms with van der Waals surface area (Å²) in [6.07, 6.45) is 2.42. The van der Waals surface area contributed by atoms with Crippen molar-refractivity contribution in [1.29, 1.82) is 0 Å². The fourth-order valence-corrected chi connectivity index (χ4v) is 0.249. The molecule has 0 spiro atoms. The Labute approximate surface area is 128 Å². The summed E-state index contributed by atoms with van der Waals surface area (Å²) < 4.78 is 0. The predicted octanol–water partition coefficient (Wildman–Crippen LogP) is -0.209. The van der Waals surface area contributed by atoms with Crippen molar-refractivity contribution in [3.05, 3.63) is 0 Å². The molecule has 0 saturated carbocycles. The Morgan fingerprint density at radius 1 is 1.58 bits per heavy atom. The molecule has 0 aromatic heterocycles. The van der Waals surface area contributed by atoms with Gasteiger partial charge in [-0.25, -0.2) is 0 Å². The van der Waals surface area contributed by atoms with Gasteiger partial charge >= 0.3 is 48.9 Å². The van der Waals surface area contributed by atoms with Crippen LogP contribution in [0.3, 0.4) is 0 Å². The van der Waals surface area contributed by atoms with Gasteiger partial charge < -0.3 is 19.8 Å². The standard InChI is InChI=1S/C5H9O.CH2O3.Ba.Ta/c1-2-3-4-5-6;2-1(3)4;;/h2-4H2,1H3;(H2,2,3,4);;/q-1;;+2;/p-1. The van der Waals surface area contributed by atoms with Crippen molar-refractivity contribution in [2.24, 2.45) is 0 Å². The van der Waals surface area contributed by atoms with E-state index in [2.05, 4.69) is 6.92 Å². The van der Waals surface area contributed by atoms with Gasteiger partial charge in [0, 0.05) is 22.4 Å². The molecule has 0 aromatic carbocycles. The Morgan fingerprint density at radius 2 is 1.92 bits per heavy atom. The summed E-state index contributed by atoms with van der Waals surface area (Å²) in [4.78, 5) is 17.9. The Hall–Kier alpha value is 1.25. The van der Waals surface area contributed by atoms with Crippen LogP contribution in [0.1, 0.15) is 26.2 Å². The van der Waals surface area contributed by atoms with Crippen molar-refractivity contribution in [3.63, 3.8) is 0 Å². The minimum atomic E-state index is -2.08. The second-order valence-corrected chi connectivity index (χ2v) is 1.51. The maximum absolute atomic E-state index is 9.44. The van der Waals surface area contributed by atoms with E-state index in [4.69, 9.17) is 15.0 Å². The molecule has 0 aliphatic heterocycles. The van der Waals surface area contributed by atoms with Gasteiger partial charge in [-0.15, -0.1) is 0 Å². The zero-order valence-corrected chi connectivity index (χ0v) is 14.6. The topological polar surface area (TPSA) is 77.4 Å². The van der Waals surface area contributed by atoms with Crippen LogP contribution in [0.2, 0.25) is 0 Å².